The van der Waals surface area contributed by atoms with E-state index in [1.807, 2.05) is 97.9 Å². The van der Waals surface area contributed by atoms with Crippen molar-refractivity contribution >= 4 is 11.5 Å². The Morgan fingerprint density at radius 3 is 1.51 bits per heavy atom. The predicted octanol–water partition coefficient (Wildman–Crippen LogP) is 7.23. The molecule has 0 aromatic heterocycles. The van der Waals surface area contributed by atoms with Crippen LogP contribution in [0.15, 0.2) is 110 Å². The van der Waals surface area contributed by atoms with Crippen molar-refractivity contribution < 1.29 is 19.0 Å². The molecule has 35 heavy (non-hydrogen) atoms. The topological polar surface area (TPSA) is 44.8 Å². The normalized spacial score (nSPS) is 10.4. The molecule has 0 saturated carbocycles. The molecule has 0 N–H and O–H groups in total. The van der Waals surface area contributed by atoms with Crippen molar-refractivity contribution in [2.75, 3.05) is 0 Å². The van der Waals surface area contributed by atoms with Crippen LogP contribution in [0.2, 0.25) is 0 Å². The van der Waals surface area contributed by atoms with Crippen LogP contribution < -0.4 is 9.47 Å². The minimum atomic E-state index is -0.464. The summed E-state index contributed by atoms with van der Waals surface area (Å²) >= 11 is 0. The summed E-state index contributed by atoms with van der Waals surface area (Å²) in [5.74, 6) is 0.540. The van der Waals surface area contributed by atoms with Gasteiger partial charge in [-0.1, -0.05) is 97.6 Å². The van der Waals surface area contributed by atoms with E-state index in [4.69, 9.17) is 14.2 Å². The van der Waals surface area contributed by atoms with Gasteiger partial charge in [0.15, 0.2) is 0 Å². The van der Waals surface area contributed by atoms with Crippen LogP contribution in [0, 0.1) is 0 Å². The van der Waals surface area contributed by atoms with Crippen LogP contribution in [-0.4, -0.2) is 5.97 Å². The highest BCUT2D eigenvalue weighted by Crippen LogP contribution is 2.34. The highest BCUT2D eigenvalue weighted by molar-refractivity contribution is 5.94. The Bertz CT molecular complexity index is 1270. The molecule has 176 valence electrons. The van der Waals surface area contributed by atoms with E-state index in [2.05, 4.69) is 6.58 Å². The lowest BCUT2D eigenvalue weighted by Crippen LogP contribution is -2.10. The van der Waals surface area contributed by atoms with Gasteiger partial charge in [-0.05, 0) is 35.3 Å². The number of allylic oxidation sites excluding steroid dienone is 1. The first-order valence-corrected chi connectivity index (χ1v) is 11.5. The molecule has 4 heteroatoms. The highest BCUT2D eigenvalue weighted by Gasteiger charge is 2.20. The van der Waals surface area contributed by atoms with Crippen LogP contribution in [-0.2, 0) is 24.6 Å². The van der Waals surface area contributed by atoms with Gasteiger partial charge in [-0.2, -0.15) is 0 Å². The van der Waals surface area contributed by atoms with E-state index in [9.17, 15) is 4.79 Å². The molecule has 0 fully saturated rings. The van der Waals surface area contributed by atoms with Crippen molar-refractivity contribution in [3.8, 4) is 11.5 Å². The average Bonchev–Trinajstić information content (AvgIpc) is 2.90. The molecular formula is C31H28O4. The predicted molar refractivity (Wildman–Crippen MR) is 138 cm³/mol. The number of carbonyl (C=O) groups is 1. The molecule has 0 aliphatic heterocycles. The molecule has 0 aliphatic rings. The molecule has 4 nitrogen and oxygen atoms in total. The third-order valence-corrected chi connectivity index (χ3v) is 5.45. The second-order valence-corrected chi connectivity index (χ2v) is 8.24. The van der Waals surface area contributed by atoms with Gasteiger partial charge in [0.2, 0.25) is 0 Å². The molecule has 4 aromatic carbocycles. The maximum Gasteiger partial charge on any atom is 0.342 e. The summed E-state index contributed by atoms with van der Waals surface area (Å²) < 4.78 is 17.9. The Morgan fingerprint density at radius 1 is 0.629 bits per heavy atom. The average molecular weight is 465 g/mol. The summed E-state index contributed by atoms with van der Waals surface area (Å²) in [6.07, 6.45) is 0. The summed E-state index contributed by atoms with van der Waals surface area (Å²) in [5, 5.41) is 0. The summed E-state index contributed by atoms with van der Waals surface area (Å²) in [7, 11) is 0. The van der Waals surface area contributed by atoms with E-state index in [-0.39, 0.29) is 6.61 Å². The molecule has 0 unspecified atom stereocenters. The van der Waals surface area contributed by atoms with Crippen LogP contribution in [0.5, 0.6) is 11.5 Å². The maximum absolute atomic E-state index is 13.1. The zero-order valence-electron chi connectivity index (χ0n) is 19.8. The number of rotatable bonds is 10. The number of carbonyl (C=O) groups excluding carboxylic acids is 1. The molecule has 0 spiro atoms. The number of hydrogen-bond donors (Lipinski definition) is 0. The fourth-order valence-corrected chi connectivity index (χ4v) is 3.56. The third-order valence-electron chi connectivity index (χ3n) is 5.45. The van der Waals surface area contributed by atoms with E-state index >= 15 is 0 Å². The van der Waals surface area contributed by atoms with Crippen molar-refractivity contribution in [1.29, 1.82) is 0 Å². The van der Waals surface area contributed by atoms with Gasteiger partial charge in [-0.25, -0.2) is 4.79 Å². The van der Waals surface area contributed by atoms with Crippen LogP contribution in [0.25, 0.3) is 5.57 Å². The molecule has 4 rings (SSSR count). The zero-order valence-corrected chi connectivity index (χ0v) is 19.8. The van der Waals surface area contributed by atoms with Gasteiger partial charge in [-0.15, -0.1) is 0 Å². The van der Waals surface area contributed by atoms with Gasteiger partial charge < -0.3 is 14.2 Å². The molecule has 0 atom stereocenters. The summed E-state index contributed by atoms with van der Waals surface area (Å²) in [4.78, 5) is 13.1. The molecule has 0 amide bonds. The Balaban J connectivity index is 1.62. The highest BCUT2D eigenvalue weighted by atomic mass is 16.5. The summed E-state index contributed by atoms with van der Waals surface area (Å²) in [6.45, 7) is 6.84. The lowest BCUT2D eigenvalue weighted by atomic mass is 10.0. The molecule has 0 bridgehead atoms. The van der Waals surface area contributed by atoms with Crippen molar-refractivity contribution in [1.82, 2.24) is 0 Å². The van der Waals surface area contributed by atoms with E-state index in [1.54, 1.807) is 12.1 Å². The fraction of sp³-hybridized carbons (Fsp3) is 0.129. The summed E-state index contributed by atoms with van der Waals surface area (Å²) in [6, 6.07) is 32.8. The smallest absolute Gasteiger partial charge is 0.342 e. The first-order chi connectivity index (χ1) is 17.1. The number of esters is 1. The third kappa shape index (κ3) is 6.61. The molecule has 0 radical (unpaired) electrons. The lowest BCUT2D eigenvalue weighted by Gasteiger charge is -2.18. The van der Waals surface area contributed by atoms with Crippen LogP contribution in [0.1, 0.15) is 39.5 Å². The fourth-order valence-electron chi connectivity index (χ4n) is 3.56. The zero-order chi connectivity index (χ0) is 24.5. The molecule has 0 saturated heterocycles. The van der Waals surface area contributed by atoms with Gasteiger partial charge in [-0.3, -0.25) is 0 Å². The van der Waals surface area contributed by atoms with E-state index in [1.165, 1.54) is 0 Å². The minimum Gasteiger partial charge on any atom is -0.488 e. The largest absolute Gasteiger partial charge is 0.488 e. The molecular weight excluding hydrogens is 436 g/mol. The van der Waals surface area contributed by atoms with Crippen molar-refractivity contribution in [3.05, 3.63) is 138 Å². The SMILES string of the molecule is C=C(C)c1cc(C(=O)OCc2ccccc2)c(OCc2ccccc2)cc1OCc1ccccc1. The van der Waals surface area contributed by atoms with Gasteiger partial charge in [0, 0.05) is 11.6 Å². The second kappa shape index (κ2) is 11.7. The van der Waals surface area contributed by atoms with Crippen LogP contribution in [0.4, 0.5) is 0 Å². The Hall–Kier alpha value is -4.31. The quantitative estimate of drug-likeness (QED) is 0.232. The summed E-state index contributed by atoms with van der Waals surface area (Å²) in [5.41, 5.74) is 4.79. The molecule has 0 heterocycles. The van der Waals surface area contributed by atoms with E-state index in [0.717, 1.165) is 27.8 Å². The molecule has 0 aliphatic carbocycles. The van der Waals surface area contributed by atoms with Crippen molar-refractivity contribution in [2.24, 2.45) is 0 Å². The van der Waals surface area contributed by atoms with E-state index < -0.39 is 5.97 Å². The van der Waals surface area contributed by atoms with Crippen LogP contribution >= 0.6 is 0 Å². The lowest BCUT2D eigenvalue weighted by molar-refractivity contribution is 0.0467. The van der Waals surface area contributed by atoms with Crippen molar-refractivity contribution in [2.45, 2.75) is 26.7 Å². The van der Waals surface area contributed by atoms with Gasteiger partial charge >= 0.3 is 5.97 Å². The van der Waals surface area contributed by atoms with Gasteiger partial charge in [0.25, 0.3) is 0 Å². The van der Waals surface area contributed by atoms with Gasteiger partial charge in [0.05, 0.1) is 0 Å². The number of benzene rings is 4. The first kappa shape index (κ1) is 23.8. The number of ether oxygens (including phenoxy) is 3. The second-order valence-electron chi connectivity index (χ2n) is 8.24. The molecule has 4 aromatic rings. The Labute approximate surface area is 206 Å². The minimum absolute atomic E-state index is 0.173. The Kier molecular flexibility index (Phi) is 7.97. The van der Waals surface area contributed by atoms with E-state index in [0.29, 0.717) is 30.3 Å². The standard InChI is InChI=1S/C31H28O4/c1-23(2)27-18-28(31(32)35-22-26-16-10-5-11-17-26)30(34-21-25-14-8-4-9-15-25)19-29(27)33-20-24-12-6-3-7-13-24/h3-19H,1,20-22H2,2H3. The Morgan fingerprint density at radius 2 is 1.06 bits per heavy atom. The van der Waals surface area contributed by atoms with Crippen LogP contribution in [0.3, 0.4) is 0 Å². The first-order valence-electron chi connectivity index (χ1n) is 11.5. The van der Waals surface area contributed by atoms with Gasteiger partial charge in [0.1, 0.15) is 36.9 Å². The van der Waals surface area contributed by atoms with Crippen molar-refractivity contribution in [3.63, 3.8) is 0 Å². The number of hydrogen-bond acceptors (Lipinski definition) is 4. The monoisotopic (exact) mass is 464 g/mol. The maximum atomic E-state index is 13.1.